The standard InChI is InChI=1S/C14H19ClN2OS/c1-4-6-19-7-5-16-14(18)11-8-12(10(2)3)17-13(15)9-11/h4,8-10H,1,5-7H2,2-3H3,(H,16,18). The van der Waals surface area contributed by atoms with Gasteiger partial charge in [0.1, 0.15) is 5.15 Å². The van der Waals surface area contributed by atoms with Gasteiger partial charge in [0.25, 0.3) is 5.91 Å². The number of rotatable bonds is 7. The molecule has 0 saturated heterocycles. The molecule has 104 valence electrons. The van der Waals surface area contributed by atoms with E-state index in [9.17, 15) is 4.79 Å². The van der Waals surface area contributed by atoms with Crippen molar-refractivity contribution in [1.29, 1.82) is 0 Å². The lowest BCUT2D eigenvalue weighted by Gasteiger charge is -2.09. The number of hydrogen-bond acceptors (Lipinski definition) is 3. The quantitative estimate of drug-likeness (QED) is 0.476. The van der Waals surface area contributed by atoms with Crippen LogP contribution in [0, 0.1) is 0 Å². The molecule has 0 aliphatic heterocycles. The molecule has 0 spiro atoms. The van der Waals surface area contributed by atoms with E-state index in [0.29, 0.717) is 17.3 Å². The van der Waals surface area contributed by atoms with Crippen LogP contribution in [0.15, 0.2) is 24.8 Å². The molecule has 1 rings (SSSR count). The molecular weight excluding hydrogens is 280 g/mol. The van der Waals surface area contributed by atoms with Gasteiger partial charge in [0, 0.05) is 29.3 Å². The van der Waals surface area contributed by atoms with Gasteiger partial charge >= 0.3 is 0 Å². The first-order chi connectivity index (χ1) is 9.04. The van der Waals surface area contributed by atoms with Gasteiger partial charge in [0.15, 0.2) is 0 Å². The number of halogens is 1. The summed E-state index contributed by atoms with van der Waals surface area (Å²) < 4.78 is 0. The Morgan fingerprint density at radius 1 is 1.58 bits per heavy atom. The number of nitrogens with zero attached hydrogens (tertiary/aromatic N) is 1. The van der Waals surface area contributed by atoms with Crippen LogP contribution >= 0.6 is 23.4 Å². The number of nitrogens with one attached hydrogen (secondary N) is 1. The first-order valence-electron chi connectivity index (χ1n) is 6.19. The van der Waals surface area contributed by atoms with Crippen LogP contribution in [0.4, 0.5) is 0 Å². The summed E-state index contributed by atoms with van der Waals surface area (Å²) in [6.45, 7) is 8.32. The molecule has 0 aliphatic carbocycles. The number of hydrogen-bond donors (Lipinski definition) is 1. The van der Waals surface area contributed by atoms with E-state index >= 15 is 0 Å². The van der Waals surface area contributed by atoms with Crippen molar-refractivity contribution in [2.75, 3.05) is 18.1 Å². The normalized spacial score (nSPS) is 10.5. The molecule has 1 aromatic rings. The maximum Gasteiger partial charge on any atom is 0.251 e. The van der Waals surface area contributed by atoms with Crippen LogP contribution in [-0.4, -0.2) is 28.9 Å². The molecule has 0 saturated carbocycles. The summed E-state index contributed by atoms with van der Waals surface area (Å²) in [5, 5.41) is 3.23. The summed E-state index contributed by atoms with van der Waals surface area (Å²) in [6, 6.07) is 3.39. The lowest BCUT2D eigenvalue weighted by atomic mass is 10.1. The number of amides is 1. The lowest BCUT2D eigenvalue weighted by Crippen LogP contribution is -2.26. The molecule has 0 unspecified atom stereocenters. The highest BCUT2D eigenvalue weighted by molar-refractivity contribution is 7.99. The number of pyridine rings is 1. The third-order valence-electron chi connectivity index (χ3n) is 2.44. The zero-order chi connectivity index (χ0) is 14.3. The van der Waals surface area contributed by atoms with E-state index in [4.69, 9.17) is 11.6 Å². The third kappa shape index (κ3) is 5.66. The SMILES string of the molecule is C=CCSCCNC(=O)c1cc(Cl)nc(C(C)C)c1. The highest BCUT2D eigenvalue weighted by Gasteiger charge is 2.10. The van der Waals surface area contributed by atoms with Crippen LogP contribution in [0.3, 0.4) is 0 Å². The van der Waals surface area contributed by atoms with Crippen LogP contribution in [0.25, 0.3) is 0 Å². The summed E-state index contributed by atoms with van der Waals surface area (Å²) >= 11 is 7.66. The zero-order valence-corrected chi connectivity index (χ0v) is 12.9. The Morgan fingerprint density at radius 2 is 2.32 bits per heavy atom. The van der Waals surface area contributed by atoms with Gasteiger partial charge in [-0.15, -0.1) is 6.58 Å². The summed E-state index contributed by atoms with van der Waals surface area (Å²) in [4.78, 5) is 16.2. The Bertz CT molecular complexity index is 449. The highest BCUT2D eigenvalue weighted by Crippen LogP contribution is 2.17. The third-order valence-corrected chi connectivity index (χ3v) is 3.59. The van der Waals surface area contributed by atoms with E-state index in [-0.39, 0.29) is 11.8 Å². The summed E-state index contributed by atoms with van der Waals surface area (Å²) in [7, 11) is 0. The molecule has 0 aliphatic rings. The van der Waals surface area contributed by atoms with Gasteiger partial charge in [0.2, 0.25) is 0 Å². The maximum absolute atomic E-state index is 12.0. The second kappa shape index (κ2) is 8.23. The van der Waals surface area contributed by atoms with Crippen LogP contribution in [0.2, 0.25) is 5.15 Å². The Balaban J connectivity index is 2.59. The molecule has 0 fully saturated rings. The zero-order valence-electron chi connectivity index (χ0n) is 11.3. The smallest absolute Gasteiger partial charge is 0.251 e. The molecule has 1 heterocycles. The Labute approximate surface area is 123 Å². The summed E-state index contributed by atoms with van der Waals surface area (Å²) in [5.74, 6) is 1.90. The van der Waals surface area contributed by atoms with Gasteiger partial charge in [-0.1, -0.05) is 31.5 Å². The average Bonchev–Trinajstić information content (AvgIpc) is 2.37. The fourth-order valence-electron chi connectivity index (χ4n) is 1.45. The highest BCUT2D eigenvalue weighted by atomic mass is 35.5. The molecule has 19 heavy (non-hydrogen) atoms. The molecule has 1 N–H and O–H groups in total. The topological polar surface area (TPSA) is 42.0 Å². The molecule has 1 aromatic heterocycles. The number of thioether (sulfide) groups is 1. The van der Waals surface area contributed by atoms with Crippen LogP contribution < -0.4 is 5.32 Å². The predicted octanol–water partition coefficient (Wildman–Crippen LogP) is 3.51. The minimum Gasteiger partial charge on any atom is -0.351 e. The largest absolute Gasteiger partial charge is 0.351 e. The molecular formula is C14H19ClN2OS. The van der Waals surface area contributed by atoms with Gasteiger partial charge in [-0.2, -0.15) is 11.8 Å². The Morgan fingerprint density at radius 3 is 2.95 bits per heavy atom. The minimum absolute atomic E-state index is 0.106. The van der Waals surface area contributed by atoms with E-state index < -0.39 is 0 Å². The lowest BCUT2D eigenvalue weighted by molar-refractivity contribution is 0.0956. The molecule has 1 amide bonds. The number of carbonyl (C=O) groups excluding carboxylic acids is 1. The van der Waals surface area contributed by atoms with Crippen molar-refractivity contribution in [3.63, 3.8) is 0 Å². The second-order valence-electron chi connectivity index (χ2n) is 4.38. The molecule has 0 radical (unpaired) electrons. The van der Waals surface area contributed by atoms with E-state index in [1.807, 2.05) is 19.9 Å². The molecule has 0 aromatic carbocycles. The molecule has 0 atom stereocenters. The van der Waals surface area contributed by atoms with Crippen LogP contribution in [0.1, 0.15) is 35.8 Å². The molecule has 0 bridgehead atoms. The van der Waals surface area contributed by atoms with Crippen molar-refractivity contribution in [2.24, 2.45) is 0 Å². The number of carbonyl (C=O) groups is 1. The first kappa shape index (κ1) is 16.1. The van der Waals surface area contributed by atoms with Crippen molar-refractivity contribution < 1.29 is 4.79 Å². The molecule has 3 nitrogen and oxygen atoms in total. The van der Waals surface area contributed by atoms with Crippen LogP contribution in [-0.2, 0) is 0 Å². The van der Waals surface area contributed by atoms with Crippen LogP contribution in [0.5, 0.6) is 0 Å². The average molecular weight is 299 g/mol. The van der Waals surface area contributed by atoms with Crippen molar-refractivity contribution in [2.45, 2.75) is 19.8 Å². The van der Waals surface area contributed by atoms with Crippen molar-refractivity contribution in [3.05, 3.63) is 41.2 Å². The monoisotopic (exact) mass is 298 g/mol. The number of aromatic nitrogens is 1. The van der Waals surface area contributed by atoms with Crippen molar-refractivity contribution >= 4 is 29.3 Å². The second-order valence-corrected chi connectivity index (χ2v) is 5.91. The van der Waals surface area contributed by atoms with Gasteiger partial charge in [-0.3, -0.25) is 4.79 Å². The Kier molecular flexibility index (Phi) is 6.95. The van der Waals surface area contributed by atoms with E-state index in [2.05, 4.69) is 16.9 Å². The first-order valence-corrected chi connectivity index (χ1v) is 7.72. The van der Waals surface area contributed by atoms with E-state index in [1.54, 1.807) is 23.9 Å². The summed E-state index contributed by atoms with van der Waals surface area (Å²) in [5.41, 5.74) is 1.40. The van der Waals surface area contributed by atoms with E-state index in [1.165, 1.54) is 0 Å². The predicted molar refractivity (Wildman–Crippen MR) is 83.2 cm³/mol. The van der Waals surface area contributed by atoms with E-state index in [0.717, 1.165) is 17.2 Å². The molecule has 5 heteroatoms. The fourth-order valence-corrected chi connectivity index (χ4v) is 2.24. The minimum atomic E-state index is -0.106. The van der Waals surface area contributed by atoms with Crippen molar-refractivity contribution in [1.82, 2.24) is 10.3 Å². The Hall–Kier alpha value is -1.00. The van der Waals surface area contributed by atoms with Gasteiger partial charge in [-0.05, 0) is 18.1 Å². The maximum atomic E-state index is 12.0. The van der Waals surface area contributed by atoms with Gasteiger partial charge in [-0.25, -0.2) is 4.98 Å². The van der Waals surface area contributed by atoms with Crippen molar-refractivity contribution in [3.8, 4) is 0 Å². The van der Waals surface area contributed by atoms with Gasteiger partial charge in [0.05, 0.1) is 0 Å². The fraction of sp³-hybridized carbons (Fsp3) is 0.429. The summed E-state index contributed by atoms with van der Waals surface area (Å²) in [6.07, 6.45) is 1.85. The van der Waals surface area contributed by atoms with Gasteiger partial charge < -0.3 is 5.32 Å².